The summed E-state index contributed by atoms with van der Waals surface area (Å²) >= 11 is 0. The van der Waals surface area contributed by atoms with Gasteiger partial charge in [0.15, 0.2) is 5.75 Å². The molecule has 0 spiro atoms. The minimum absolute atomic E-state index is 0.141. The Hall–Kier alpha value is -2.64. The maximum atomic E-state index is 11.7. The number of aliphatic hydroxyl groups is 1. The van der Waals surface area contributed by atoms with Crippen molar-refractivity contribution in [1.82, 2.24) is 0 Å². The molecule has 2 rings (SSSR count). The summed E-state index contributed by atoms with van der Waals surface area (Å²) in [6, 6.07) is 7.73. The average Bonchev–Trinajstić information content (AvgIpc) is 2.52. The van der Waals surface area contributed by atoms with Crippen molar-refractivity contribution in [2.24, 2.45) is 5.73 Å². The fourth-order valence-corrected chi connectivity index (χ4v) is 2.15. The second-order valence-electron chi connectivity index (χ2n) is 4.88. The molecular formula is C15H13NO6. The summed E-state index contributed by atoms with van der Waals surface area (Å²) in [6.45, 7) is 0. The van der Waals surface area contributed by atoms with Crippen LogP contribution in [0.3, 0.4) is 0 Å². The van der Waals surface area contributed by atoms with Crippen molar-refractivity contribution in [1.29, 1.82) is 0 Å². The first kappa shape index (κ1) is 15.7. The predicted molar refractivity (Wildman–Crippen MR) is 78.6 cm³/mol. The molecule has 0 fully saturated rings. The van der Waals surface area contributed by atoms with Gasteiger partial charge in [0.1, 0.15) is 6.10 Å². The van der Waals surface area contributed by atoms with Crippen LogP contribution in [0.2, 0.25) is 0 Å². The number of benzene rings is 2. The molecule has 2 aromatic carbocycles. The third-order valence-corrected chi connectivity index (χ3v) is 3.35. The van der Waals surface area contributed by atoms with E-state index in [2.05, 4.69) is 0 Å². The predicted octanol–water partition coefficient (Wildman–Crippen LogP) is -1.69. The summed E-state index contributed by atoms with van der Waals surface area (Å²) in [7, 11) is 0. The highest BCUT2D eigenvalue weighted by atomic mass is 16.3. The highest BCUT2D eigenvalue weighted by molar-refractivity contribution is 5.35. The lowest BCUT2D eigenvalue weighted by molar-refractivity contribution is 0.141. The van der Waals surface area contributed by atoms with E-state index in [1.165, 1.54) is 0 Å². The zero-order valence-electron chi connectivity index (χ0n) is 11.4. The van der Waals surface area contributed by atoms with Crippen LogP contribution in [0.25, 0.3) is 0 Å². The van der Waals surface area contributed by atoms with Gasteiger partial charge in [0.2, 0.25) is 5.43 Å². The molecule has 0 radical (unpaired) electrons. The number of aliphatic hydroxyl groups excluding tert-OH is 1. The second kappa shape index (κ2) is 6.00. The smallest absolute Gasteiger partial charge is 0.280 e. The van der Waals surface area contributed by atoms with Crippen molar-refractivity contribution in [3.63, 3.8) is 0 Å². The van der Waals surface area contributed by atoms with Crippen LogP contribution in [-0.2, 0) is 6.42 Å². The third-order valence-electron chi connectivity index (χ3n) is 3.35. The van der Waals surface area contributed by atoms with Gasteiger partial charge in [-0.1, -0.05) is 30.3 Å². The quantitative estimate of drug-likeness (QED) is 0.574. The van der Waals surface area contributed by atoms with E-state index in [0.717, 1.165) is 5.56 Å². The topological polar surface area (TPSA) is 135 Å². The molecule has 2 aromatic rings. The molecule has 0 saturated carbocycles. The molecule has 1 unspecified atom stereocenters. The van der Waals surface area contributed by atoms with Crippen LogP contribution in [0.1, 0.15) is 17.2 Å². The lowest BCUT2D eigenvalue weighted by Gasteiger charge is -2.18. The summed E-state index contributed by atoms with van der Waals surface area (Å²) in [4.78, 5) is 45.6. The number of phenolic OH excluding ortho intramolecular Hbond substituents is 1. The Morgan fingerprint density at radius 1 is 0.909 bits per heavy atom. The van der Waals surface area contributed by atoms with Crippen molar-refractivity contribution in [2.75, 3.05) is 0 Å². The number of nitrogens with two attached hydrogens (primary N) is 1. The van der Waals surface area contributed by atoms with Crippen molar-refractivity contribution in [3.05, 3.63) is 82.4 Å². The Kier molecular flexibility index (Phi) is 4.30. The van der Waals surface area contributed by atoms with Crippen molar-refractivity contribution >= 4 is 0 Å². The third kappa shape index (κ3) is 2.72. The Morgan fingerprint density at radius 3 is 2.05 bits per heavy atom. The number of aromatic hydroxyl groups is 1. The molecule has 114 valence electrons. The highest BCUT2D eigenvalue weighted by Gasteiger charge is 2.28. The maximum absolute atomic E-state index is 11.7. The number of phenols is 1. The van der Waals surface area contributed by atoms with Crippen LogP contribution in [0, 0.1) is 0 Å². The van der Waals surface area contributed by atoms with E-state index in [1.807, 2.05) is 0 Å². The zero-order chi connectivity index (χ0) is 16.4. The standard InChI is InChI=1S/C15H13NO6/c16-8(6-7-4-2-1-3-5-7)10(17)9-11(18)13(20)15(22)14(21)12(9)19/h1-5,8,10,17-18H,6,16H2/t8-,10?/m0/s1. The summed E-state index contributed by atoms with van der Waals surface area (Å²) in [5, 5.41) is 19.7. The SMILES string of the molecule is N[C@@H](Cc1ccccc1)C(O)c1c(O)c(=O)c(=O)c(=O)c1=O. The molecule has 0 saturated heterocycles. The van der Waals surface area contributed by atoms with E-state index in [4.69, 9.17) is 5.73 Å². The first-order valence-corrected chi connectivity index (χ1v) is 6.43. The minimum atomic E-state index is -1.74. The van der Waals surface area contributed by atoms with Gasteiger partial charge in [0.25, 0.3) is 16.3 Å². The van der Waals surface area contributed by atoms with Gasteiger partial charge in [-0.2, -0.15) is 0 Å². The van der Waals surface area contributed by atoms with E-state index >= 15 is 0 Å². The molecule has 0 bridgehead atoms. The Bertz CT molecular complexity index is 883. The van der Waals surface area contributed by atoms with E-state index in [0.29, 0.717) is 0 Å². The first-order valence-electron chi connectivity index (χ1n) is 6.43. The fraction of sp³-hybridized carbons (Fsp3) is 0.200. The van der Waals surface area contributed by atoms with Crippen LogP contribution in [0.15, 0.2) is 49.5 Å². The van der Waals surface area contributed by atoms with E-state index in [1.54, 1.807) is 30.3 Å². The van der Waals surface area contributed by atoms with Crippen molar-refractivity contribution < 1.29 is 10.2 Å². The molecule has 7 heteroatoms. The zero-order valence-corrected chi connectivity index (χ0v) is 11.4. The van der Waals surface area contributed by atoms with Crippen molar-refractivity contribution in [3.8, 4) is 5.75 Å². The monoisotopic (exact) mass is 303 g/mol. The van der Waals surface area contributed by atoms with Gasteiger partial charge in [-0.25, -0.2) is 0 Å². The molecule has 0 aliphatic carbocycles. The van der Waals surface area contributed by atoms with E-state index in [9.17, 15) is 29.4 Å². The summed E-state index contributed by atoms with van der Waals surface area (Å²) < 4.78 is 0. The normalized spacial score (nSPS) is 13.7. The first-order chi connectivity index (χ1) is 10.3. The van der Waals surface area contributed by atoms with Crippen molar-refractivity contribution in [2.45, 2.75) is 18.6 Å². The number of hydrogen-bond acceptors (Lipinski definition) is 7. The largest absolute Gasteiger partial charge is 0.504 e. The van der Waals surface area contributed by atoms with Crippen LogP contribution in [-0.4, -0.2) is 16.3 Å². The Morgan fingerprint density at radius 2 is 1.45 bits per heavy atom. The molecule has 7 nitrogen and oxygen atoms in total. The van der Waals surface area contributed by atoms with Gasteiger partial charge in [0, 0.05) is 6.04 Å². The van der Waals surface area contributed by atoms with E-state index < -0.39 is 45.2 Å². The van der Waals surface area contributed by atoms with Gasteiger partial charge in [-0.3, -0.25) is 19.2 Å². The number of hydrogen-bond donors (Lipinski definition) is 3. The summed E-state index contributed by atoms with van der Waals surface area (Å²) in [6.07, 6.45) is -1.60. The molecule has 0 amide bonds. The highest BCUT2D eigenvalue weighted by Crippen LogP contribution is 2.20. The van der Waals surface area contributed by atoms with Gasteiger partial charge in [-0.05, 0) is 12.0 Å². The molecule has 4 N–H and O–H groups in total. The molecule has 2 atom stereocenters. The Balaban J connectivity index is 2.44. The van der Waals surface area contributed by atoms with Gasteiger partial charge >= 0.3 is 0 Å². The van der Waals surface area contributed by atoms with Crippen LogP contribution >= 0.6 is 0 Å². The summed E-state index contributed by atoms with van der Waals surface area (Å²) in [5.41, 5.74) is -0.399. The summed E-state index contributed by atoms with van der Waals surface area (Å²) in [5.74, 6) is -1.22. The van der Waals surface area contributed by atoms with Crippen LogP contribution in [0.4, 0.5) is 0 Å². The van der Waals surface area contributed by atoms with Gasteiger partial charge in [-0.15, -0.1) is 0 Å². The molecule has 0 heterocycles. The molecular weight excluding hydrogens is 290 g/mol. The molecule has 0 aliphatic rings. The molecule has 0 aliphatic heterocycles. The van der Waals surface area contributed by atoms with Crippen LogP contribution < -0.4 is 27.4 Å². The van der Waals surface area contributed by atoms with E-state index in [-0.39, 0.29) is 6.42 Å². The fourth-order valence-electron chi connectivity index (χ4n) is 2.15. The Labute approximate surface area is 123 Å². The molecule has 22 heavy (non-hydrogen) atoms. The lowest BCUT2D eigenvalue weighted by atomic mass is 9.95. The minimum Gasteiger partial charge on any atom is -0.504 e. The number of rotatable bonds is 4. The lowest BCUT2D eigenvalue weighted by Crippen LogP contribution is -2.49. The van der Waals surface area contributed by atoms with Crippen LogP contribution in [0.5, 0.6) is 5.75 Å². The van der Waals surface area contributed by atoms with Gasteiger partial charge in [0.05, 0.1) is 5.56 Å². The maximum Gasteiger partial charge on any atom is 0.280 e. The average molecular weight is 303 g/mol. The van der Waals surface area contributed by atoms with Gasteiger partial charge < -0.3 is 15.9 Å². The second-order valence-corrected chi connectivity index (χ2v) is 4.88. The molecule has 0 aromatic heterocycles.